The van der Waals surface area contributed by atoms with Gasteiger partial charge in [-0.3, -0.25) is 4.79 Å². The van der Waals surface area contributed by atoms with Crippen LogP contribution in [0.15, 0.2) is 68.8 Å². The standard InChI is InChI=1S/C19H20N2O4S2/c1-15-7-9-16(10-8-15)21(13-17-5-3-11-25-17)18(22)14-20(2)27(23,24)19-6-4-12-26-19/h3-12H,13-14H2,1-2H3. The topological polar surface area (TPSA) is 70.8 Å². The quantitative estimate of drug-likeness (QED) is 0.604. The van der Waals surface area contributed by atoms with Crippen molar-refractivity contribution in [1.82, 2.24) is 4.31 Å². The van der Waals surface area contributed by atoms with E-state index in [4.69, 9.17) is 4.42 Å². The maximum atomic E-state index is 13.0. The van der Waals surface area contributed by atoms with E-state index in [0.29, 0.717) is 11.4 Å². The van der Waals surface area contributed by atoms with Crippen LogP contribution in [-0.4, -0.2) is 32.2 Å². The summed E-state index contributed by atoms with van der Waals surface area (Å²) in [5, 5.41) is 1.69. The molecule has 1 aromatic carbocycles. The number of hydrogen-bond donors (Lipinski definition) is 0. The second-order valence-corrected chi connectivity index (χ2v) is 9.31. The van der Waals surface area contributed by atoms with Gasteiger partial charge < -0.3 is 9.32 Å². The van der Waals surface area contributed by atoms with Crippen LogP contribution in [0.25, 0.3) is 0 Å². The van der Waals surface area contributed by atoms with Gasteiger partial charge in [-0.05, 0) is 42.6 Å². The summed E-state index contributed by atoms with van der Waals surface area (Å²) in [6.07, 6.45) is 1.54. The van der Waals surface area contributed by atoms with Crippen LogP contribution in [0.1, 0.15) is 11.3 Å². The molecule has 0 fully saturated rings. The monoisotopic (exact) mass is 404 g/mol. The van der Waals surface area contributed by atoms with E-state index >= 15 is 0 Å². The summed E-state index contributed by atoms with van der Waals surface area (Å²) >= 11 is 1.13. The van der Waals surface area contributed by atoms with Crippen molar-refractivity contribution < 1.29 is 17.6 Å². The molecule has 0 aliphatic heterocycles. The Labute approximate surface area is 162 Å². The number of amides is 1. The van der Waals surface area contributed by atoms with Gasteiger partial charge in [0.15, 0.2) is 0 Å². The number of sulfonamides is 1. The van der Waals surface area contributed by atoms with Crippen molar-refractivity contribution in [2.24, 2.45) is 0 Å². The van der Waals surface area contributed by atoms with Crippen LogP contribution >= 0.6 is 11.3 Å². The molecule has 0 saturated carbocycles. The third-order valence-electron chi connectivity index (χ3n) is 4.06. The molecule has 1 amide bonds. The molecule has 2 heterocycles. The fraction of sp³-hybridized carbons (Fsp3) is 0.211. The van der Waals surface area contributed by atoms with Gasteiger partial charge in [0.1, 0.15) is 9.97 Å². The van der Waals surface area contributed by atoms with Gasteiger partial charge in [-0.2, -0.15) is 4.31 Å². The molecule has 0 saturated heterocycles. The van der Waals surface area contributed by atoms with Crippen molar-refractivity contribution in [1.29, 1.82) is 0 Å². The largest absolute Gasteiger partial charge is 0.467 e. The number of benzene rings is 1. The van der Waals surface area contributed by atoms with Gasteiger partial charge >= 0.3 is 0 Å². The number of anilines is 1. The van der Waals surface area contributed by atoms with E-state index in [0.717, 1.165) is 21.2 Å². The molecule has 0 bridgehead atoms. The van der Waals surface area contributed by atoms with Crippen LogP contribution in [0.2, 0.25) is 0 Å². The molecule has 6 nitrogen and oxygen atoms in total. The van der Waals surface area contributed by atoms with Crippen LogP contribution < -0.4 is 4.90 Å². The van der Waals surface area contributed by atoms with E-state index in [1.54, 1.807) is 29.8 Å². The van der Waals surface area contributed by atoms with Gasteiger partial charge in [-0.15, -0.1) is 11.3 Å². The molecule has 0 N–H and O–H groups in total. The summed E-state index contributed by atoms with van der Waals surface area (Å²) in [4.78, 5) is 14.5. The number of aryl methyl sites for hydroxylation is 1. The molecule has 0 atom stereocenters. The first kappa shape index (κ1) is 19.3. The highest BCUT2D eigenvalue weighted by molar-refractivity contribution is 7.91. The Balaban J connectivity index is 1.83. The summed E-state index contributed by atoms with van der Waals surface area (Å²) in [6, 6.07) is 14.2. The molecule has 0 aliphatic rings. The molecular formula is C19H20N2O4S2. The fourth-order valence-corrected chi connectivity index (χ4v) is 4.85. The zero-order chi connectivity index (χ0) is 19.4. The zero-order valence-corrected chi connectivity index (χ0v) is 16.7. The van der Waals surface area contributed by atoms with Crippen molar-refractivity contribution in [3.8, 4) is 0 Å². The lowest BCUT2D eigenvalue weighted by atomic mass is 10.2. The van der Waals surface area contributed by atoms with Crippen LogP contribution in [0.5, 0.6) is 0 Å². The second kappa shape index (κ2) is 8.08. The van der Waals surface area contributed by atoms with E-state index in [1.165, 1.54) is 18.0 Å². The lowest BCUT2D eigenvalue weighted by Crippen LogP contribution is -2.40. The van der Waals surface area contributed by atoms with Crippen molar-refractivity contribution >= 4 is 33.0 Å². The normalized spacial score (nSPS) is 11.7. The highest BCUT2D eigenvalue weighted by Gasteiger charge is 2.27. The molecule has 0 unspecified atom stereocenters. The SMILES string of the molecule is Cc1ccc(N(Cc2ccco2)C(=O)CN(C)S(=O)(=O)c2cccs2)cc1. The molecule has 2 aromatic heterocycles. The molecule has 3 rings (SSSR count). The van der Waals surface area contributed by atoms with Gasteiger partial charge in [-0.1, -0.05) is 23.8 Å². The average Bonchev–Trinajstić information content (AvgIpc) is 3.34. The molecule has 0 radical (unpaired) electrons. The molecular weight excluding hydrogens is 384 g/mol. The summed E-state index contributed by atoms with van der Waals surface area (Å²) < 4.78 is 31.8. The minimum absolute atomic E-state index is 0.214. The number of furan rings is 1. The predicted molar refractivity (Wildman–Crippen MR) is 105 cm³/mol. The first-order chi connectivity index (χ1) is 12.9. The van der Waals surface area contributed by atoms with Gasteiger partial charge in [0.25, 0.3) is 10.0 Å². The van der Waals surface area contributed by atoms with E-state index in [9.17, 15) is 13.2 Å². The van der Waals surface area contributed by atoms with Crippen LogP contribution in [0, 0.1) is 6.92 Å². The zero-order valence-electron chi connectivity index (χ0n) is 15.0. The number of carbonyl (C=O) groups excluding carboxylic acids is 1. The van der Waals surface area contributed by atoms with Crippen molar-refractivity contribution in [2.45, 2.75) is 17.7 Å². The lowest BCUT2D eigenvalue weighted by molar-refractivity contribution is -0.118. The minimum Gasteiger partial charge on any atom is -0.467 e. The highest BCUT2D eigenvalue weighted by Crippen LogP contribution is 2.22. The Bertz CT molecular complexity index is 979. The number of rotatable bonds is 7. The predicted octanol–water partition coefficient (Wildman–Crippen LogP) is 3.50. The van der Waals surface area contributed by atoms with Crippen molar-refractivity contribution in [2.75, 3.05) is 18.5 Å². The molecule has 8 heteroatoms. The van der Waals surface area contributed by atoms with Gasteiger partial charge in [-0.25, -0.2) is 8.42 Å². The molecule has 3 aromatic rings. The first-order valence-electron chi connectivity index (χ1n) is 8.27. The molecule has 0 spiro atoms. The van der Waals surface area contributed by atoms with Crippen molar-refractivity contribution in [3.63, 3.8) is 0 Å². The van der Waals surface area contributed by atoms with Crippen LogP contribution in [-0.2, 0) is 21.4 Å². The van der Waals surface area contributed by atoms with E-state index < -0.39 is 10.0 Å². The Morgan fingerprint density at radius 2 is 1.85 bits per heavy atom. The molecule has 27 heavy (non-hydrogen) atoms. The Morgan fingerprint density at radius 1 is 1.11 bits per heavy atom. The summed E-state index contributed by atoms with van der Waals surface area (Å²) in [5.41, 5.74) is 1.76. The second-order valence-electron chi connectivity index (χ2n) is 6.09. The number of likely N-dealkylation sites (N-methyl/N-ethyl adjacent to an activating group) is 1. The third kappa shape index (κ3) is 4.47. The Morgan fingerprint density at radius 3 is 2.44 bits per heavy atom. The maximum absolute atomic E-state index is 13.0. The number of thiophene rings is 1. The van der Waals surface area contributed by atoms with Gasteiger partial charge in [0.05, 0.1) is 19.4 Å². The fourth-order valence-electron chi connectivity index (χ4n) is 2.53. The van der Waals surface area contributed by atoms with Crippen LogP contribution in [0.3, 0.4) is 0 Å². The van der Waals surface area contributed by atoms with E-state index in [2.05, 4.69) is 0 Å². The lowest BCUT2D eigenvalue weighted by Gasteiger charge is -2.24. The molecule has 142 valence electrons. The average molecular weight is 405 g/mol. The Kier molecular flexibility index (Phi) is 5.79. The number of nitrogens with zero attached hydrogens (tertiary/aromatic N) is 2. The summed E-state index contributed by atoms with van der Waals surface area (Å²) in [5.74, 6) is 0.283. The number of hydrogen-bond acceptors (Lipinski definition) is 5. The highest BCUT2D eigenvalue weighted by atomic mass is 32.2. The van der Waals surface area contributed by atoms with Gasteiger partial charge in [0.2, 0.25) is 5.91 Å². The van der Waals surface area contributed by atoms with Crippen LogP contribution in [0.4, 0.5) is 5.69 Å². The number of carbonyl (C=O) groups is 1. The van der Waals surface area contributed by atoms with E-state index in [1.807, 2.05) is 31.2 Å². The maximum Gasteiger partial charge on any atom is 0.252 e. The molecule has 0 aliphatic carbocycles. The van der Waals surface area contributed by atoms with Crippen molar-refractivity contribution in [3.05, 3.63) is 71.5 Å². The summed E-state index contributed by atoms with van der Waals surface area (Å²) in [6.45, 7) is 1.92. The summed E-state index contributed by atoms with van der Waals surface area (Å²) in [7, 11) is -2.28. The smallest absolute Gasteiger partial charge is 0.252 e. The third-order valence-corrected chi connectivity index (χ3v) is 7.23. The minimum atomic E-state index is -3.69. The first-order valence-corrected chi connectivity index (χ1v) is 10.6. The van der Waals surface area contributed by atoms with E-state index in [-0.39, 0.29) is 23.2 Å². The Hall–Kier alpha value is -2.42. The van der Waals surface area contributed by atoms with Gasteiger partial charge in [0, 0.05) is 12.7 Å².